The highest BCUT2D eigenvalue weighted by molar-refractivity contribution is 7.80. The van der Waals surface area contributed by atoms with Crippen molar-refractivity contribution in [1.29, 1.82) is 0 Å². The molecule has 0 spiro atoms. The Balaban J connectivity index is 2.36. The van der Waals surface area contributed by atoms with E-state index in [1.807, 2.05) is 0 Å². The fraction of sp³-hybridized carbons (Fsp3) is 0.250. The summed E-state index contributed by atoms with van der Waals surface area (Å²) in [5.74, 6) is -0.611. The third kappa shape index (κ3) is 5.67. The number of ether oxygens (including phenoxy) is 1. The van der Waals surface area contributed by atoms with E-state index in [1.54, 1.807) is 61.2 Å². The summed E-state index contributed by atoms with van der Waals surface area (Å²) in [5.41, 5.74) is 1.77. The van der Waals surface area contributed by atoms with Gasteiger partial charge in [-0.05, 0) is 55.5 Å². The van der Waals surface area contributed by atoms with Gasteiger partial charge in [-0.2, -0.15) is 0 Å². The van der Waals surface area contributed by atoms with Gasteiger partial charge in [0.05, 0.1) is 18.7 Å². The summed E-state index contributed by atoms with van der Waals surface area (Å²) in [6.45, 7) is 4.03. The molecule has 0 aromatic heterocycles. The minimum absolute atomic E-state index is 0.205. The van der Waals surface area contributed by atoms with Crippen molar-refractivity contribution in [3.63, 3.8) is 0 Å². The number of nitrogens with zero attached hydrogens (tertiary/aromatic N) is 1. The molecule has 0 fully saturated rings. The van der Waals surface area contributed by atoms with Crippen molar-refractivity contribution in [1.82, 2.24) is 5.32 Å². The highest BCUT2D eigenvalue weighted by Gasteiger charge is 2.18. The Morgan fingerprint density at radius 3 is 2.21 bits per heavy atom. The molecule has 2 aromatic rings. The molecule has 148 valence electrons. The largest absolute Gasteiger partial charge is 0.462 e. The molecule has 0 saturated carbocycles. The Hall–Kier alpha value is -2.15. The van der Waals surface area contributed by atoms with E-state index >= 15 is 0 Å². The number of benzene rings is 2. The van der Waals surface area contributed by atoms with Crippen LogP contribution in [0.3, 0.4) is 0 Å². The second-order valence-electron chi connectivity index (χ2n) is 5.76. The molecule has 1 amide bonds. The number of hydrogen-bond donors (Lipinski definition) is 1. The van der Waals surface area contributed by atoms with Crippen LogP contribution < -0.4 is 10.2 Å². The van der Waals surface area contributed by atoms with E-state index in [2.05, 4.69) is 5.32 Å². The summed E-state index contributed by atoms with van der Waals surface area (Å²) in [6, 6.07) is 11.9. The van der Waals surface area contributed by atoms with Crippen molar-refractivity contribution in [2.24, 2.45) is 0 Å². The number of halogens is 2. The third-order valence-corrected chi connectivity index (χ3v) is 4.91. The second kappa shape index (κ2) is 10.4. The lowest BCUT2D eigenvalue weighted by atomic mass is 10.1. The smallest absolute Gasteiger partial charge is 0.338 e. The molecule has 0 bridgehead atoms. The molecule has 0 aliphatic heterocycles. The summed E-state index contributed by atoms with van der Waals surface area (Å²) in [4.78, 5) is 25.4. The zero-order valence-electron chi connectivity index (χ0n) is 15.5. The van der Waals surface area contributed by atoms with Gasteiger partial charge < -0.3 is 15.0 Å². The number of amides is 1. The molecule has 0 unspecified atom stereocenters. The summed E-state index contributed by atoms with van der Waals surface area (Å²) >= 11 is 18.0. The van der Waals surface area contributed by atoms with Gasteiger partial charge >= 0.3 is 5.97 Å². The lowest BCUT2D eigenvalue weighted by Gasteiger charge is -2.26. The average molecular weight is 439 g/mol. The number of carbonyl (C=O) groups excluding carboxylic acids is 2. The second-order valence-corrected chi connectivity index (χ2v) is 6.96. The van der Waals surface area contributed by atoms with Crippen LogP contribution >= 0.6 is 35.4 Å². The zero-order chi connectivity index (χ0) is 20.7. The number of rotatable bonds is 6. The van der Waals surface area contributed by atoms with Gasteiger partial charge in [0.1, 0.15) is 0 Å². The van der Waals surface area contributed by atoms with Crippen LogP contribution in [0.2, 0.25) is 10.0 Å². The number of nitrogens with one attached hydrogen (secondary N) is 1. The minimum atomic E-state index is -0.406. The fourth-order valence-corrected chi connectivity index (χ4v) is 3.19. The summed E-state index contributed by atoms with van der Waals surface area (Å²) in [5, 5.41) is 3.88. The molecule has 0 saturated heterocycles. The molecular weight excluding hydrogens is 419 g/mol. The first kappa shape index (κ1) is 22.1. The van der Waals surface area contributed by atoms with Gasteiger partial charge in [0.15, 0.2) is 5.11 Å². The standard InChI is InChI=1S/C20H20Cl2N2O3S/c1-3-18(25)23-20(28)24(12-15-16(21)6-5-7-17(15)22)14-10-8-13(9-11-14)19(26)27-4-2/h5-11H,3-4,12H2,1-2H3,(H,23,25,28). The van der Waals surface area contributed by atoms with Crippen LogP contribution in [0, 0.1) is 0 Å². The van der Waals surface area contributed by atoms with Gasteiger partial charge in [-0.15, -0.1) is 0 Å². The van der Waals surface area contributed by atoms with E-state index in [4.69, 9.17) is 40.2 Å². The van der Waals surface area contributed by atoms with Gasteiger partial charge in [0, 0.05) is 27.7 Å². The molecule has 0 atom stereocenters. The van der Waals surface area contributed by atoms with Crippen molar-refractivity contribution in [3.05, 3.63) is 63.6 Å². The molecule has 28 heavy (non-hydrogen) atoms. The quantitative estimate of drug-likeness (QED) is 0.508. The molecule has 1 N–H and O–H groups in total. The van der Waals surface area contributed by atoms with E-state index in [1.165, 1.54) is 0 Å². The number of hydrogen-bond acceptors (Lipinski definition) is 4. The van der Waals surface area contributed by atoms with Crippen LogP contribution in [0.5, 0.6) is 0 Å². The van der Waals surface area contributed by atoms with Crippen molar-refractivity contribution >= 4 is 58.1 Å². The Kier molecular flexibility index (Phi) is 8.23. The average Bonchev–Trinajstić information content (AvgIpc) is 2.68. The Morgan fingerprint density at radius 1 is 1.07 bits per heavy atom. The number of carbonyl (C=O) groups is 2. The number of esters is 1. The van der Waals surface area contributed by atoms with Crippen molar-refractivity contribution in [2.75, 3.05) is 11.5 Å². The van der Waals surface area contributed by atoms with E-state index in [0.29, 0.717) is 39.9 Å². The highest BCUT2D eigenvalue weighted by atomic mass is 35.5. The Bertz CT molecular complexity index is 852. The van der Waals surface area contributed by atoms with Crippen molar-refractivity contribution in [2.45, 2.75) is 26.8 Å². The van der Waals surface area contributed by atoms with Crippen LogP contribution in [0.15, 0.2) is 42.5 Å². The predicted octanol–water partition coefficient (Wildman–Crippen LogP) is 4.99. The first-order valence-corrected chi connectivity index (χ1v) is 9.85. The monoisotopic (exact) mass is 438 g/mol. The van der Waals surface area contributed by atoms with Gasteiger partial charge in [0.2, 0.25) is 5.91 Å². The molecule has 2 rings (SSSR count). The minimum Gasteiger partial charge on any atom is -0.462 e. The summed E-state index contributed by atoms with van der Waals surface area (Å²) < 4.78 is 5.00. The lowest BCUT2D eigenvalue weighted by molar-refractivity contribution is -0.119. The highest BCUT2D eigenvalue weighted by Crippen LogP contribution is 2.28. The zero-order valence-corrected chi connectivity index (χ0v) is 17.8. The summed E-state index contributed by atoms with van der Waals surface area (Å²) in [7, 11) is 0. The SMILES string of the molecule is CCOC(=O)c1ccc(N(Cc2c(Cl)cccc2Cl)C(=S)NC(=O)CC)cc1. The summed E-state index contributed by atoms with van der Waals surface area (Å²) in [6.07, 6.45) is 0.294. The molecule has 0 aliphatic carbocycles. The third-order valence-electron chi connectivity index (χ3n) is 3.88. The predicted molar refractivity (Wildman–Crippen MR) is 116 cm³/mol. The van der Waals surface area contributed by atoms with Gasteiger partial charge in [-0.25, -0.2) is 4.79 Å². The number of thiocarbonyl (C=S) groups is 1. The maximum absolute atomic E-state index is 11.9. The van der Waals surface area contributed by atoms with Crippen LogP contribution in [0.1, 0.15) is 36.2 Å². The number of anilines is 1. The van der Waals surface area contributed by atoms with E-state index in [-0.39, 0.29) is 17.6 Å². The molecule has 0 heterocycles. The van der Waals surface area contributed by atoms with Gasteiger partial charge in [-0.1, -0.05) is 36.2 Å². The maximum Gasteiger partial charge on any atom is 0.338 e. The molecule has 0 radical (unpaired) electrons. The van der Waals surface area contributed by atoms with Gasteiger partial charge in [0.25, 0.3) is 0 Å². The Labute approximate surface area is 179 Å². The molecule has 8 heteroatoms. The topological polar surface area (TPSA) is 58.6 Å². The normalized spacial score (nSPS) is 10.3. The molecule has 0 aliphatic rings. The van der Waals surface area contributed by atoms with E-state index < -0.39 is 5.97 Å². The molecular formula is C20H20Cl2N2O3S. The first-order chi connectivity index (χ1) is 13.4. The first-order valence-electron chi connectivity index (χ1n) is 8.68. The Morgan fingerprint density at radius 2 is 1.68 bits per heavy atom. The van der Waals surface area contributed by atoms with E-state index in [0.717, 1.165) is 0 Å². The van der Waals surface area contributed by atoms with Crippen molar-refractivity contribution in [3.8, 4) is 0 Å². The fourth-order valence-electron chi connectivity index (χ4n) is 2.39. The van der Waals surface area contributed by atoms with Crippen LogP contribution in [-0.4, -0.2) is 23.6 Å². The van der Waals surface area contributed by atoms with Crippen LogP contribution in [0.4, 0.5) is 5.69 Å². The lowest BCUT2D eigenvalue weighted by Crippen LogP contribution is -2.42. The van der Waals surface area contributed by atoms with Crippen molar-refractivity contribution < 1.29 is 14.3 Å². The van der Waals surface area contributed by atoms with Crippen LogP contribution in [0.25, 0.3) is 0 Å². The van der Waals surface area contributed by atoms with E-state index in [9.17, 15) is 9.59 Å². The maximum atomic E-state index is 11.9. The molecule has 5 nitrogen and oxygen atoms in total. The van der Waals surface area contributed by atoms with Gasteiger partial charge in [-0.3, -0.25) is 4.79 Å². The molecule has 2 aromatic carbocycles. The van der Waals surface area contributed by atoms with Crippen LogP contribution in [-0.2, 0) is 16.1 Å².